The molecule has 3 aliphatic rings. The van der Waals surface area contributed by atoms with Crippen molar-refractivity contribution in [1.82, 2.24) is 10.2 Å². The van der Waals surface area contributed by atoms with Crippen LogP contribution in [0, 0.1) is 0 Å². The molecule has 0 aliphatic heterocycles. The molecule has 0 bridgehead atoms. The summed E-state index contributed by atoms with van der Waals surface area (Å²) in [5.41, 5.74) is 3.97. The van der Waals surface area contributed by atoms with Gasteiger partial charge in [-0.2, -0.15) is 0 Å². The monoisotopic (exact) mass is 462 g/mol. The number of rotatable bonds is 8. The average Bonchev–Trinajstić information content (AvgIpc) is 3.58. The van der Waals surface area contributed by atoms with Gasteiger partial charge in [-0.05, 0) is 61.3 Å². The van der Waals surface area contributed by atoms with Gasteiger partial charge in [0.25, 0.3) is 0 Å². The van der Waals surface area contributed by atoms with E-state index < -0.39 is 23.6 Å². The Kier molecular flexibility index (Phi) is 5.80. The Morgan fingerprint density at radius 2 is 1.65 bits per heavy atom. The van der Waals surface area contributed by atoms with E-state index in [0.717, 1.165) is 30.4 Å². The number of ether oxygens (including phenoxy) is 1. The van der Waals surface area contributed by atoms with E-state index >= 15 is 0 Å². The lowest BCUT2D eigenvalue weighted by Gasteiger charge is -2.43. The van der Waals surface area contributed by atoms with Crippen LogP contribution in [-0.4, -0.2) is 52.2 Å². The third kappa shape index (κ3) is 4.15. The second-order valence-electron chi connectivity index (χ2n) is 9.81. The fourth-order valence-electron chi connectivity index (χ4n) is 5.39. The Hall–Kier alpha value is -3.35. The molecule has 34 heavy (non-hydrogen) atoms. The minimum Gasteiger partial charge on any atom is -0.480 e. The van der Waals surface area contributed by atoms with E-state index in [1.54, 1.807) is 6.92 Å². The van der Waals surface area contributed by atoms with E-state index in [9.17, 15) is 19.5 Å². The zero-order chi connectivity index (χ0) is 23.9. The fourth-order valence-corrected chi connectivity index (χ4v) is 5.39. The molecule has 5 rings (SSSR count). The number of carbonyl (C=O) groups excluding carboxylic acids is 2. The minimum absolute atomic E-state index is 0.00909. The number of benzene rings is 2. The summed E-state index contributed by atoms with van der Waals surface area (Å²) < 4.78 is 5.69. The molecule has 0 saturated heterocycles. The maximum absolute atomic E-state index is 13.1. The number of carbonyl (C=O) groups is 3. The highest BCUT2D eigenvalue weighted by atomic mass is 16.5. The van der Waals surface area contributed by atoms with Crippen molar-refractivity contribution in [2.75, 3.05) is 6.61 Å². The van der Waals surface area contributed by atoms with Crippen LogP contribution in [0.5, 0.6) is 0 Å². The molecule has 2 saturated carbocycles. The lowest BCUT2D eigenvalue weighted by atomic mass is 9.74. The van der Waals surface area contributed by atoms with E-state index in [2.05, 4.69) is 29.6 Å². The molecule has 2 aromatic carbocycles. The number of alkyl carbamates (subject to hydrolysis) is 1. The first kappa shape index (κ1) is 22.4. The van der Waals surface area contributed by atoms with Crippen molar-refractivity contribution in [1.29, 1.82) is 0 Å². The molecule has 2 amide bonds. The maximum atomic E-state index is 13.1. The van der Waals surface area contributed by atoms with Crippen LogP contribution in [0.2, 0.25) is 0 Å². The van der Waals surface area contributed by atoms with E-state index in [0.29, 0.717) is 12.8 Å². The first-order valence-corrected chi connectivity index (χ1v) is 12.1. The van der Waals surface area contributed by atoms with Gasteiger partial charge >= 0.3 is 12.1 Å². The summed E-state index contributed by atoms with van der Waals surface area (Å²) in [7, 11) is 0. The van der Waals surface area contributed by atoms with Crippen LogP contribution in [0.3, 0.4) is 0 Å². The SMILES string of the molecule is CC(C(=O)O)N(C(=O)CC1(NC(=O)OCC2c3ccccc3-c3ccccc32)CCC1)C1CC1. The molecule has 178 valence electrons. The third-order valence-corrected chi connectivity index (χ3v) is 7.51. The zero-order valence-electron chi connectivity index (χ0n) is 19.3. The predicted molar refractivity (Wildman–Crippen MR) is 126 cm³/mol. The number of fused-ring (bicyclic) bond motifs is 3. The van der Waals surface area contributed by atoms with Crippen LogP contribution in [-0.2, 0) is 14.3 Å². The Balaban J connectivity index is 1.24. The standard InChI is InChI=1S/C27H30N2O5/c1-17(25(31)32)29(18-11-12-18)24(30)15-27(13-6-14-27)28-26(33)34-16-23-21-9-4-2-7-19(21)20-8-3-5-10-22(20)23/h2-5,7-10,17-18,23H,6,11-16H2,1H3,(H,28,33)(H,31,32). The highest BCUT2D eigenvalue weighted by Gasteiger charge is 2.45. The number of carboxylic acids is 1. The van der Waals surface area contributed by atoms with Crippen molar-refractivity contribution >= 4 is 18.0 Å². The highest BCUT2D eigenvalue weighted by molar-refractivity contribution is 5.85. The number of carboxylic acid groups (broad SMARTS) is 1. The summed E-state index contributed by atoms with van der Waals surface area (Å²) in [6, 6.07) is 15.5. The second kappa shape index (κ2) is 8.78. The van der Waals surface area contributed by atoms with Gasteiger partial charge < -0.3 is 20.1 Å². The van der Waals surface area contributed by atoms with Gasteiger partial charge in [0, 0.05) is 12.0 Å². The van der Waals surface area contributed by atoms with Gasteiger partial charge in [-0.15, -0.1) is 0 Å². The molecule has 2 N–H and O–H groups in total. The van der Waals surface area contributed by atoms with E-state index in [4.69, 9.17) is 4.74 Å². The quantitative estimate of drug-likeness (QED) is 0.610. The smallest absolute Gasteiger partial charge is 0.407 e. The second-order valence-corrected chi connectivity index (χ2v) is 9.81. The zero-order valence-corrected chi connectivity index (χ0v) is 19.3. The fraction of sp³-hybridized carbons (Fsp3) is 0.444. The van der Waals surface area contributed by atoms with Gasteiger partial charge in [0.1, 0.15) is 12.6 Å². The van der Waals surface area contributed by atoms with Gasteiger partial charge in [0.05, 0.1) is 12.0 Å². The Morgan fingerprint density at radius 1 is 1.06 bits per heavy atom. The average molecular weight is 463 g/mol. The van der Waals surface area contributed by atoms with Crippen LogP contribution in [0.15, 0.2) is 48.5 Å². The molecule has 7 heteroatoms. The van der Waals surface area contributed by atoms with Crippen LogP contribution in [0.4, 0.5) is 4.79 Å². The van der Waals surface area contributed by atoms with Gasteiger partial charge in [0.2, 0.25) is 5.91 Å². The van der Waals surface area contributed by atoms with Crippen LogP contribution in [0.1, 0.15) is 62.5 Å². The van der Waals surface area contributed by atoms with Crippen LogP contribution >= 0.6 is 0 Å². The molecule has 2 fully saturated rings. The normalized spacial score (nSPS) is 18.7. The van der Waals surface area contributed by atoms with E-state index in [-0.39, 0.29) is 30.9 Å². The Labute approximate surface area is 199 Å². The molecular formula is C27H30N2O5. The summed E-state index contributed by atoms with van der Waals surface area (Å²) in [5.74, 6) is -1.25. The van der Waals surface area contributed by atoms with E-state index in [1.165, 1.54) is 16.0 Å². The number of hydrogen-bond acceptors (Lipinski definition) is 4. The summed E-state index contributed by atoms with van der Waals surface area (Å²) in [4.78, 5) is 38.9. The number of amides is 2. The molecule has 3 aliphatic carbocycles. The van der Waals surface area contributed by atoms with Crippen LogP contribution in [0.25, 0.3) is 11.1 Å². The third-order valence-electron chi connectivity index (χ3n) is 7.51. The van der Waals surface area contributed by atoms with Crippen molar-refractivity contribution in [2.45, 2.75) is 69.0 Å². The lowest BCUT2D eigenvalue weighted by molar-refractivity contribution is -0.151. The van der Waals surface area contributed by atoms with Gasteiger partial charge in [0.15, 0.2) is 0 Å². The van der Waals surface area contributed by atoms with Gasteiger partial charge in [-0.1, -0.05) is 48.5 Å². The van der Waals surface area contributed by atoms with Crippen molar-refractivity contribution in [3.63, 3.8) is 0 Å². The van der Waals surface area contributed by atoms with Gasteiger partial charge in [-0.25, -0.2) is 9.59 Å². The van der Waals surface area contributed by atoms with Crippen molar-refractivity contribution in [3.05, 3.63) is 59.7 Å². The molecule has 0 radical (unpaired) electrons. The predicted octanol–water partition coefficient (Wildman–Crippen LogP) is 4.30. The summed E-state index contributed by atoms with van der Waals surface area (Å²) >= 11 is 0. The maximum Gasteiger partial charge on any atom is 0.407 e. The van der Waals surface area contributed by atoms with Gasteiger partial charge in [-0.3, -0.25) is 4.79 Å². The molecular weight excluding hydrogens is 432 g/mol. The number of nitrogens with one attached hydrogen (secondary N) is 1. The number of aliphatic carboxylic acids is 1. The highest BCUT2D eigenvalue weighted by Crippen LogP contribution is 2.44. The summed E-state index contributed by atoms with van der Waals surface area (Å²) in [5, 5.41) is 12.4. The molecule has 0 heterocycles. The van der Waals surface area contributed by atoms with E-state index in [1.807, 2.05) is 24.3 Å². The molecule has 0 aromatic heterocycles. The first-order chi connectivity index (χ1) is 16.4. The first-order valence-electron chi connectivity index (χ1n) is 12.1. The lowest BCUT2D eigenvalue weighted by Crippen LogP contribution is -2.57. The van der Waals surface area contributed by atoms with Crippen LogP contribution < -0.4 is 5.32 Å². The van der Waals surface area contributed by atoms with Crippen molar-refractivity contribution in [3.8, 4) is 11.1 Å². The largest absolute Gasteiger partial charge is 0.480 e. The van der Waals surface area contributed by atoms with Crippen molar-refractivity contribution < 1.29 is 24.2 Å². The number of hydrogen-bond donors (Lipinski definition) is 2. The summed E-state index contributed by atoms with van der Waals surface area (Å²) in [6.45, 7) is 1.76. The molecule has 1 atom stereocenters. The summed E-state index contributed by atoms with van der Waals surface area (Å²) in [6.07, 6.45) is 3.51. The molecule has 2 aromatic rings. The molecule has 7 nitrogen and oxygen atoms in total. The topological polar surface area (TPSA) is 95.9 Å². The Bertz CT molecular complexity index is 1080. The number of nitrogens with zero attached hydrogens (tertiary/aromatic N) is 1. The van der Waals surface area contributed by atoms with Crippen molar-refractivity contribution in [2.24, 2.45) is 0 Å². The molecule has 0 spiro atoms. The minimum atomic E-state index is -1.01. The molecule has 1 unspecified atom stereocenters. The Morgan fingerprint density at radius 3 is 2.15 bits per heavy atom.